The third-order valence-corrected chi connectivity index (χ3v) is 3.66. The second kappa shape index (κ2) is 7.35. The van der Waals surface area contributed by atoms with Gasteiger partial charge in [-0.15, -0.1) is 13.2 Å². The van der Waals surface area contributed by atoms with Crippen LogP contribution in [0.1, 0.15) is 43.6 Å². The van der Waals surface area contributed by atoms with Crippen LogP contribution in [0.3, 0.4) is 0 Å². The average Bonchev–Trinajstić information content (AvgIpc) is 2.49. The van der Waals surface area contributed by atoms with Crippen molar-refractivity contribution < 1.29 is 22.7 Å². The van der Waals surface area contributed by atoms with Gasteiger partial charge in [-0.2, -0.15) is 0 Å². The lowest BCUT2D eigenvalue weighted by atomic mass is 9.89. The molecule has 1 atom stereocenters. The standard InChI is InChI=1S/C17H17F3O2/c18-17(19,20)22-16-9-5-4-8-15(16)14(12-21)11-10-13-6-2-1-3-7-13/h4-5,8-9,12-14H,1-3,6-7H2. The van der Waals surface area contributed by atoms with Gasteiger partial charge in [0.25, 0.3) is 0 Å². The fourth-order valence-corrected chi connectivity index (χ4v) is 2.59. The van der Waals surface area contributed by atoms with Crippen LogP contribution in [0.2, 0.25) is 0 Å². The zero-order valence-corrected chi connectivity index (χ0v) is 12.0. The van der Waals surface area contributed by atoms with Gasteiger partial charge in [0, 0.05) is 11.5 Å². The smallest absolute Gasteiger partial charge is 0.405 e. The molecular formula is C17H17F3O2. The van der Waals surface area contributed by atoms with Crippen molar-refractivity contribution in [1.82, 2.24) is 0 Å². The van der Waals surface area contributed by atoms with Crippen LogP contribution in [0.25, 0.3) is 0 Å². The van der Waals surface area contributed by atoms with E-state index in [9.17, 15) is 18.0 Å². The Morgan fingerprint density at radius 3 is 2.50 bits per heavy atom. The molecule has 0 N–H and O–H groups in total. The lowest BCUT2D eigenvalue weighted by Crippen LogP contribution is -2.18. The summed E-state index contributed by atoms with van der Waals surface area (Å²) in [7, 11) is 0. The van der Waals surface area contributed by atoms with Crippen LogP contribution < -0.4 is 4.74 Å². The zero-order valence-electron chi connectivity index (χ0n) is 12.0. The summed E-state index contributed by atoms with van der Waals surface area (Å²) in [5.74, 6) is 4.82. The molecule has 0 radical (unpaired) electrons. The van der Waals surface area contributed by atoms with E-state index in [1.807, 2.05) is 0 Å². The van der Waals surface area contributed by atoms with Gasteiger partial charge in [-0.1, -0.05) is 49.3 Å². The molecule has 5 heteroatoms. The summed E-state index contributed by atoms with van der Waals surface area (Å²) in [5, 5.41) is 0. The molecule has 0 amide bonds. The summed E-state index contributed by atoms with van der Waals surface area (Å²) in [5.41, 5.74) is 0.151. The average molecular weight is 310 g/mol. The number of ether oxygens (including phenoxy) is 1. The van der Waals surface area contributed by atoms with Gasteiger partial charge in [0.1, 0.15) is 18.0 Å². The fourth-order valence-electron chi connectivity index (χ4n) is 2.59. The molecule has 1 saturated carbocycles. The van der Waals surface area contributed by atoms with E-state index in [4.69, 9.17) is 0 Å². The van der Waals surface area contributed by atoms with Gasteiger partial charge >= 0.3 is 6.36 Å². The highest BCUT2D eigenvalue weighted by atomic mass is 19.4. The van der Waals surface area contributed by atoms with Gasteiger partial charge in [-0.25, -0.2) is 0 Å². The van der Waals surface area contributed by atoms with E-state index in [-0.39, 0.29) is 17.2 Å². The maximum atomic E-state index is 12.4. The number of alkyl halides is 3. The molecule has 0 bridgehead atoms. The highest BCUT2D eigenvalue weighted by Gasteiger charge is 2.32. The molecule has 1 unspecified atom stereocenters. The van der Waals surface area contributed by atoms with Crippen LogP contribution in [0.5, 0.6) is 5.75 Å². The Hall–Kier alpha value is -1.96. The first-order valence-electron chi connectivity index (χ1n) is 7.30. The van der Waals surface area contributed by atoms with Gasteiger partial charge in [0.2, 0.25) is 0 Å². The van der Waals surface area contributed by atoms with Crippen LogP contribution in [-0.2, 0) is 4.79 Å². The van der Waals surface area contributed by atoms with E-state index in [1.54, 1.807) is 6.07 Å². The third-order valence-electron chi connectivity index (χ3n) is 3.66. The van der Waals surface area contributed by atoms with Crippen molar-refractivity contribution >= 4 is 6.29 Å². The molecule has 22 heavy (non-hydrogen) atoms. The second-order valence-electron chi connectivity index (χ2n) is 5.32. The Labute approximate surface area is 127 Å². The number of hydrogen-bond acceptors (Lipinski definition) is 2. The van der Waals surface area contributed by atoms with Crippen molar-refractivity contribution in [3.63, 3.8) is 0 Å². The Balaban J connectivity index is 2.20. The first-order valence-corrected chi connectivity index (χ1v) is 7.30. The molecule has 0 aliphatic heterocycles. The minimum atomic E-state index is -4.79. The first-order chi connectivity index (χ1) is 10.5. The number of carbonyl (C=O) groups is 1. The Bertz CT molecular complexity index is 563. The molecule has 1 fully saturated rings. The lowest BCUT2D eigenvalue weighted by molar-refractivity contribution is -0.274. The molecule has 118 valence electrons. The van der Waals surface area contributed by atoms with Gasteiger partial charge in [0.15, 0.2) is 0 Å². The highest BCUT2D eigenvalue weighted by molar-refractivity contribution is 5.69. The predicted molar refractivity (Wildman–Crippen MR) is 76.3 cm³/mol. The minimum absolute atomic E-state index is 0.151. The number of halogens is 3. The fraction of sp³-hybridized carbons (Fsp3) is 0.471. The summed E-state index contributed by atoms with van der Waals surface area (Å²) < 4.78 is 41.2. The monoisotopic (exact) mass is 310 g/mol. The number of carbonyl (C=O) groups excluding carboxylic acids is 1. The lowest BCUT2D eigenvalue weighted by Gasteiger charge is -2.16. The molecule has 0 aromatic heterocycles. The van der Waals surface area contributed by atoms with Crippen molar-refractivity contribution in [3.05, 3.63) is 29.8 Å². The molecule has 0 spiro atoms. The number of benzene rings is 1. The van der Waals surface area contributed by atoms with E-state index in [2.05, 4.69) is 16.6 Å². The molecule has 1 aromatic carbocycles. The molecule has 1 aliphatic carbocycles. The molecule has 2 rings (SSSR count). The van der Waals surface area contributed by atoms with Gasteiger partial charge < -0.3 is 9.53 Å². The zero-order chi connectivity index (χ0) is 16.0. The van der Waals surface area contributed by atoms with Crippen molar-refractivity contribution in [2.24, 2.45) is 5.92 Å². The van der Waals surface area contributed by atoms with E-state index in [0.29, 0.717) is 6.29 Å². The summed E-state index contributed by atoms with van der Waals surface area (Å²) >= 11 is 0. The highest BCUT2D eigenvalue weighted by Crippen LogP contribution is 2.30. The van der Waals surface area contributed by atoms with Gasteiger partial charge in [-0.05, 0) is 18.9 Å². The predicted octanol–water partition coefficient (Wildman–Crippen LogP) is 4.45. The number of hydrogen-bond donors (Lipinski definition) is 0. The Morgan fingerprint density at radius 1 is 1.18 bits per heavy atom. The third kappa shape index (κ3) is 4.80. The van der Waals surface area contributed by atoms with Crippen LogP contribution >= 0.6 is 0 Å². The molecular weight excluding hydrogens is 293 g/mol. The van der Waals surface area contributed by atoms with Crippen molar-refractivity contribution in [2.75, 3.05) is 0 Å². The van der Waals surface area contributed by atoms with Crippen LogP contribution in [0.4, 0.5) is 13.2 Å². The van der Waals surface area contributed by atoms with E-state index < -0.39 is 12.3 Å². The number of rotatable bonds is 3. The number of aldehydes is 1. The molecule has 2 nitrogen and oxygen atoms in total. The summed E-state index contributed by atoms with van der Waals surface area (Å²) in [6.07, 6.45) is 1.16. The van der Waals surface area contributed by atoms with Crippen LogP contribution in [0.15, 0.2) is 24.3 Å². The van der Waals surface area contributed by atoms with Crippen molar-refractivity contribution in [2.45, 2.75) is 44.4 Å². The van der Waals surface area contributed by atoms with Gasteiger partial charge in [0.05, 0.1) is 0 Å². The Morgan fingerprint density at radius 2 is 1.86 bits per heavy atom. The number of para-hydroxylation sites is 1. The van der Waals surface area contributed by atoms with Crippen molar-refractivity contribution in [1.29, 1.82) is 0 Å². The Kier molecular flexibility index (Phi) is 5.48. The topological polar surface area (TPSA) is 26.3 Å². The van der Waals surface area contributed by atoms with E-state index >= 15 is 0 Å². The van der Waals surface area contributed by atoms with Crippen molar-refractivity contribution in [3.8, 4) is 17.6 Å². The molecule has 0 saturated heterocycles. The summed E-state index contributed by atoms with van der Waals surface area (Å²) in [6, 6.07) is 5.63. The normalized spacial score (nSPS) is 17.2. The summed E-state index contributed by atoms with van der Waals surface area (Å²) in [4.78, 5) is 11.3. The van der Waals surface area contributed by atoms with E-state index in [1.165, 1.54) is 24.6 Å². The molecule has 1 aliphatic rings. The molecule has 1 aromatic rings. The molecule has 0 heterocycles. The van der Waals surface area contributed by atoms with Gasteiger partial charge in [-0.3, -0.25) is 0 Å². The maximum absolute atomic E-state index is 12.4. The van der Waals surface area contributed by atoms with Crippen LogP contribution in [-0.4, -0.2) is 12.6 Å². The summed E-state index contributed by atoms with van der Waals surface area (Å²) in [6.45, 7) is 0. The minimum Gasteiger partial charge on any atom is -0.405 e. The SMILES string of the molecule is O=CC(C#CC1CCCCC1)c1ccccc1OC(F)(F)F. The largest absolute Gasteiger partial charge is 0.573 e. The first kappa shape index (κ1) is 16.4. The van der Waals surface area contributed by atoms with Crippen LogP contribution in [0, 0.1) is 17.8 Å². The maximum Gasteiger partial charge on any atom is 0.573 e. The second-order valence-corrected chi connectivity index (χ2v) is 5.32. The van der Waals surface area contributed by atoms with E-state index in [0.717, 1.165) is 25.7 Å². The quantitative estimate of drug-likeness (QED) is 0.609.